The molecule has 1 saturated heterocycles. The summed E-state index contributed by atoms with van der Waals surface area (Å²) in [6.07, 6.45) is 0. The molecule has 1 aliphatic rings. The van der Waals surface area contributed by atoms with Crippen LogP contribution in [0, 0.1) is 6.92 Å². The lowest BCUT2D eigenvalue weighted by molar-refractivity contribution is 0.0394. The summed E-state index contributed by atoms with van der Waals surface area (Å²) in [5, 5.41) is 3.14. The van der Waals surface area contributed by atoms with Crippen LogP contribution in [0.3, 0.4) is 0 Å². The van der Waals surface area contributed by atoms with Crippen molar-refractivity contribution in [2.24, 2.45) is 4.99 Å². The summed E-state index contributed by atoms with van der Waals surface area (Å²) in [7, 11) is 1.62. The quantitative estimate of drug-likeness (QED) is 0.797. The Morgan fingerprint density at radius 3 is 2.62 bits per heavy atom. The maximum absolute atomic E-state index is 12.8. The van der Waals surface area contributed by atoms with Gasteiger partial charge in [-0.1, -0.05) is 0 Å². The van der Waals surface area contributed by atoms with Gasteiger partial charge in [-0.15, -0.1) is 0 Å². The highest BCUT2D eigenvalue weighted by Crippen LogP contribution is 2.14. The van der Waals surface area contributed by atoms with Gasteiger partial charge in [-0.3, -0.25) is 19.8 Å². The number of morpholine rings is 1. The van der Waals surface area contributed by atoms with Gasteiger partial charge in [0.1, 0.15) is 5.75 Å². The number of rotatable bonds is 6. The standard InChI is InChI=1S/C19H26N4O3/c1-14(20-8-9-22-10-12-26-13-11-22)18-15(2)21-23(19(18)24)16-4-6-17(25-3)7-5-16/h4-7,21H,8-13H2,1-3H3. The number of hydrogen-bond donors (Lipinski definition) is 1. The fraction of sp³-hybridized carbons (Fsp3) is 0.474. The van der Waals surface area contributed by atoms with Crippen molar-refractivity contribution in [2.75, 3.05) is 46.5 Å². The molecule has 0 bridgehead atoms. The van der Waals surface area contributed by atoms with Gasteiger partial charge in [-0.25, -0.2) is 4.68 Å². The van der Waals surface area contributed by atoms with Crippen molar-refractivity contribution in [1.29, 1.82) is 0 Å². The fourth-order valence-corrected chi connectivity index (χ4v) is 3.15. The van der Waals surface area contributed by atoms with E-state index in [0.717, 1.165) is 55.7 Å². The molecule has 0 spiro atoms. The lowest BCUT2D eigenvalue weighted by Crippen LogP contribution is -2.37. The van der Waals surface area contributed by atoms with Crippen LogP contribution in [0.15, 0.2) is 34.1 Å². The average molecular weight is 358 g/mol. The minimum Gasteiger partial charge on any atom is -0.497 e. The number of nitrogens with one attached hydrogen (secondary N) is 1. The molecule has 0 aliphatic carbocycles. The fourth-order valence-electron chi connectivity index (χ4n) is 3.15. The molecule has 1 fully saturated rings. The van der Waals surface area contributed by atoms with Crippen LogP contribution >= 0.6 is 0 Å². The van der Waals surface area contributed by atoms with Crippen molar-refractivity contribution in [3.05, 3.63) is 45.9 Å². The lowest BCUT2D eigenvalue weighted by atomic mass is 10.2. The van der Waals surface area contributed by atoms with Gasteiger partial charge in [0.05, 0.1) is 38.1 Å². The van der Waals surface area contributed by atoms with Gasteiger partial charge in [0.2, 0.25) is 0 Å². The summed E-state index contributed by atoms with van der Waals surface area (Å²) in [6.45, 7) is 8.82. The SMILES string of the molecule is COc1ccc(-n2[nH]c(C)c(C(C)=NCCN3CCOCC3)c2=O)cc1. The van der Waals surface area contributed by atoms with Crippen LogP contribution in [0.5, 0.6) is 5.75 Å². The Morgan fingerprint density at radius 2 is 1.96 bits per heavy atom. The van der Waals surface area contributed by atoms with Crippen molar-refractivity contribution in [3.63, 3.8) is 0 Å². The molecule has 0 unspecified atom stereocenters. The molecule has 1 aromatic carbocycles. The normalized spacial score (nSPS) is 16.0. The number of aryl methyl sites for hydroxylation is 1. The molecule has 2 heterocycles. The van der Waals surface area contributed by atoms with Gasteiger partial charge >= 0.3 is 0 Å². The summed E-state index contributed by atoms with van der Waals surface area (Å²) in [4.78, 5) is 19.8. The van der Waals surface area contributed by atoms with Crippen LogP contribution in [0.2, 0.25) is 0 Å². The van der Waals surface area contributed by atoms with E-state index < -0.39 is 0 Å². The van der Waals surface area contributed by atoms with E-state index in [0.29, 0.717) is 12.1 Å². The number of methoxy groups -OCH3 is 1. The third kappa shape index (κ3) is 4.05. The molecular weight excluding hydrogens is 332 g/mol. The summed E-state index contributed by atoms with van der Waals surface area (Å²) in [5.41, 5.74) is 2.91. The summed E-state index contributed by atoms with van der Waals surface area (Å²) < 4.78 is 12.1. The van der Waals surface area contributed by atoms with Gasteiger partial charge in [0.15, 0.2) is 0 Å². The number of benzene rings is 1. The number of ether oxygens (including phenoxy) is 2. The second kappa shape index (κ2) is 8.33. The second-order valence-electron chi connectivity index (χ2n) is 6.37. The number of hydrogen-bond acceptors (Lipinski definition) is 5. The molecule has 3 rings (SSSR count). The van der Waals surface area contributed by atoms with Crippen molar-refractivity contribution in [2.45, 2.75) is 13.8 Å². The Morgan fingerprint density at radius 1 is 1.27 bits per heavy atom. The molecule has 0 amide bonds. The zero-order valence-corrected chi connectivity index (χ0v) is 15.6. The molecule has 1 aliphatic heterocycles. The lowest BCUT2D eigenvalue weighted by Gasteiger charge is -2.25. The molecule has 0 saturated carbocycles. The summed E-state index contributed by atoms with van der Waals surface area (Å²) in [5.74, 6) is 0.756. The molecule has 1 aromatic heterocycles. The van der Waals surface area contributed by atoms with E-state index in [2.05, 4.69) is 15.0 Å². The molecule has 0 atom stereocenters. The van der Waals surface area contributed by atoms with Crippen LogP contribution in [0.1, 0.15) is 18.2 Å². The Balaban J connectivity index is 1.75. The first kappa shape index (κ1) is 18.4. The number of aliphatic imine (C=N–C) groups is 1. The molecule has 7 heteroatoms. The van der Waals surface area contributed by atoms with Crippen LogP contribution in [-0.2, 0) is 4.74 Å². The molecule has 26 heavy (non-hydrogen) atoms. The van der Waals surface area contributed by atoms with Crippen molar-refractivity contribution < 1.29 is 9.47 Å². The van der Waals surface area contributed by atoms with E-state index >= 15 is 0 Å². The van der Waals surface area contributed by atoms with Gasteiger partial charge < -0.3 is 9.47 Å². The third-order valence-electron chi connectivity index (χ3n) is 4.63. The predicted octanol–water partition coefficient (Wildman–Crippen LogP) is 1.62. The van der Waals surface area contributed by atoms with E-state index in [1.54, 1.807) is 11.8 Å². The van der Waals surface area contributed by atoms with Gasteiger partial charge in [0.25, 0.3) is 5.56 Å². The number of aromatic nitrogens is 2. The molecule has 7 nitrogen and oxygen atoms in total. The zero-order chi connectivity index (χ0) is 18.5. The van der Waals surface area contributed by atoms with E-state index in [9.17, 15) is 4.79 Å². The van der Waals surface area contributed by atoms with Crippen LogP contribution in [0.25, 0.3) is 5.69 Å². The van der Waals surface area contributed by atoms with Gasteiger partial charge in [-0.05, 0) is 38.1 Å². The molecule has 140 valence electrons. The Hall–Kier alpha value is -2.38. The molecule has 1 N–H and O–H groups in total. The van der Waals surface area contributed by atoms with Gasteiger partial charge in [-0.2, -0.15) is 0 Å². The highest BCUT2D eigenvalue weighted by Gasteiger charge is 2.15. The minimum absolute atomic E-state index is 0.0831. The molecular formula is C19H26N4O3. The minimum atomic E-state index is -0.0831. The highest BCUT2D eigenvalue weighted by molar-refractivity contribution is 5.99. The first-order valence-electron chi connectivity index (χ1n) is 8.87. The van der Waals surface area contributed by atoms with Gasteiger partial charge in [0, 0.05) is 31.0 Å². The van der Waals surface area contributed by atoms with E-state index in [1.807, 2.05) is 38.1 Å². The maximum Gasteiger partial charge on any atom is 0.280 e. The van der Waals surface area contributed by atoms with E-state index in [1.165, 1.54) is 0 Å². The second-order valence-corrected chi connectivity index (χ2v) is 6.37. The monoisotopic (exact) mass is 358 g/mol. The Kier molecular flexibility index (Phi) is 5.90. The zero-order valence-electron chi connectivity index (χ0n) is 15.6. The van der Waals surface area contributed by atoms with Crippen molar-refractivity contribution in [3.8, 4) is 11.4 Å². The molecule has 0 radical (unpaired) electrons. The van der Waals surface area contributed by atoms with E-state index in [4.69, 9.17) is 9.47 Å². The van der Waals surface area contributed by atoms with Crippen molar-refractivity contribution in [1.82, 2.24) is 14.7 Å². The smallest absolute Gasteiger partial charge is 0.280 e. The highest BCUT2D eigenvalue weighted by atomic mass is 16.5. The number of H-pyrrole nitrogens is 1. The first-order valence-corrected chi connectivity index (χ1v) is 8.87. The van der Waals surface area contributed by atoms with Crippen molar-refractivity contribution >= 4 is 5.71 Å². The predicted molar refractivity (Wildman–Crippen MR) is 102 cm³/mol. The third-order valence-corrected chi connectivity index (χ3v) is 4.63. The summed E-state index contributed by atoms with van der Waals surface area (Å²) in [6, 6.07) is 7.37. The topological polar surface area (TPSA) is 71.8 Å². The number of nitrogens with zero attached hydrogens (tertiary/aromatic N) is 3. The largest absolute Gasteiger partial charge is 0.497 e. The van der Waals surface area contributed by atoms with E-state index in [-0.39, 0.29) is 5.56 Å². The number of aromatic amines is 1. The van der Waals surface area contributed by atoms with Crippen LogP contribution in [-0.4, -0.2) is 66.9 Å². The summed E-state index contributed by atoms with van der Waals surface area (Å²) >= 11 is 0. The maximum atomic E-state index is 12.8. The van der Waals surface area contributed by atoms with Crippen LogP contribution < -0.4 is 10.3 Å². The Labute approximate surface area is 153 Å². The molecule has 2 aromatic rings. The average Bonchev–Trinajstić information content (AvgIpc) is 2.97. The Bertz CT molecular complexity index is 814. The van der Waals surface area contributed by atoms with Crippen LogP contribution in [0.4, 0.5) is 0 Å². The first-order chi connectivity index (χ1) is 12.6.